The SMILES string of the molecule is CC(C)CCOCCC(N)Cc1ccc(F)cc1. The molecule has 1 aromatic rings. The van der Waals surface area contributed by atoms with Crippen molar-refractivity contribution in [1.29, 1.82) is 0 Å². The Balaban J connectivity index is 2.13. The zero-order valence-electron chi connectivity index (χ0n) is 11.4. The first kappa shape index (κ1) is 15.1. The van der Waals surface area contributed by atoms with Crippen molar-refractivity contribution in [2.24, 2.45) is 11.7 Å². The van der Waals surface area contributed by atoms with Gasteiger partial charge in [0.05, 0.1) is 0 Å². The molecule has 0 spiro atoms. The van der Waals surface area contributed by atoms with Crippen LogP contribution in [0.5, 0.6) is 0 Å². The van der Waals surface area contributed by atoms with Crippen LogP contribution in [0.15, 0.2) is 24.3 Å². The Morgan fingerprint density at radius 3 is 2.33 bits per heavy atom. The van der Waals surface area contributed by atoms with E-state index in [2.05, 4.69) is 13.8 Å². The molecule has 0 amide bonds. The van der Waals surface area contributed by atoms with Crippen molar-refractivity contribution in [2.75, 3.05) is 13.2 Å². The molecule has 1 rings (SSSR count). The van der Waals surface area contributed by atoms with E-state index in [1.807, 2.05) is 0 Å². The predicted molar refractivity (Wildman–Crippen MR) is 73.0 cm³/mol. The maximum Gasteiger partial charge on any atom is 0.123 e. The zero-order chi connectivity index (χ0) is 13.4. The molecule has 2 N–H and O–H groups in total. The summed E-state index contributed by atoms with van der Waals surface area (Å²) < 4.78 is 18.3. The molecule has 0 saturated heterocycles. The molecular formula is C15H24FNO. The van der Waals surface area contributed by atoms with Crippen LogP contribution in [-0.4, -0.2) is 19.3 Å². The van der Waals surface area contributed by atoms with Gasteiger partial charge < -0.3 is 10.5 Å². The van der Waals surface area contributed by atoms with Crippen LogP contribution < -0.4 is 5.73 Å². The first-order chi connectivity index (χ1) is 8.58. The lowest BCUT2D eigenvalue weighted by Gasteiger charge is -2.12. The van der Waals surface area contributed by atoms with Crippen LogP contribution in [0.3, 0.4) is 0 Å². The van der Waals surface area contributed by atoms with Gasteiger partial charge >= 0.3 is 0 Å². The van der Waals surface area contributed by atoms with E-state index >= 15 is 0 Å². The van der Waals surface area contributed by atoms with Crippen molar-refractivity contribution in [2.45, 2.75) is 39.2 Å². The average Bonchev–Trinajstić information content (AvgIpc) is 2.31. The fraction of sp³-hybridized carbons (Fsp3) is 0.600. The summed E-state index contributed by atoms with van der Waals surface area (Å²) in [7, 11) is 0. The monoisotopic (exact) mass is 253 g/mol. The smallest absolute Gasteiger partial charge is 0.123 e. The van der Waals surface area contributed by atoms with Crippen LogP contribution in [0.4, 0.5) is 4.39 Å². The minimum atomic E-state index is -0.204. The van der Waals surface area contributed by atoms with E-state index in [0.717, 1.165) is 31.4 Å². The predicted octanol–water partition coefficient (Wildman–Crippen LogP) is 3.15. The molecule has 0 bridgehead atoms. The van der Waals surface area contributed by atoms with E-state index in [1.165, 1.54) is 12.1 Å². The Kier molecular flexibility index (Phi) is 6.91. The van der Waals surface area contributed by atoms with Gasteiger partial charge in [-0.25, -0.2) is 4.39 Å². The molecule has 1 atom stereocenters. The summed E-state index contributed by atoms with van der Waals surface area (Å²) in [6, 6.07) is 6.60. The highest BCUT2D eigenvalue weighted by Gasteiger charge is 2.04. The number of nitrogens with two attached hydrogens (primary N) is 1. The summed E-state index contributed by atoms with van der Waals surface area (Å²) in [6.07, 6.45) is 2.70. The van der Waals surface area contributed by atoms with Crippen LogP contribution in [0.1, 0.15) is 32.3 Å². The Morgan fingerprint density at radius 2 is 1.72 bits per heavy atom. The number of ether oxygens (including phenoxy) is 1. The number of hydrogen-bond donors (Lipinski definition) is 1. The van der Waals surface area contributed by atoms with Crippen molar-refractivity contribution >= 4 is 0 Å². The van der Waals surface area contributed by atoms with Crippen molar-refractivity contribution < 1.29 is 9.13 Å². The molecule has 2 nitrogen and oxygen atoms in total. The second kappa shape index (κ2) is 8.22. The summed E-state index contributed by atoms with van der Waals surface area (Å²) in [5.74, 6) is 0.474. The lowest BCUT2D eigenvalue weighted by atomic mass is 10.0. The lowest BCUT2D eigenvalue weighted by molar-refractivity contribution is 0.117. The molecule has 0 radical (unpaired) electrons. The second-order valence-corrected chi connectivity index (χ2v) is 5.17. The van der Waals surface area contributed by atoms with Crippen LogP contribution in [-0.2, 0) is 11.2 Å². The largest absolute Gasteiger partial charge is 0.381 e. The Labute approximate surface area is 109 Å². The number of rotatable bonds is 8. The van der Waals surface area contributed by atoms with Gasteiger partial charge in [-0.3, -0.25) is 0 Å². The normalized spacial score (nSPS) is 12.9. The third-order valence-electron chi connectivity index (χ3n) is 2.88. The molecule has 0 aliphatic carbocycles. The number of hydrogen-bond acceptors (Lipinski definition) is 2. The minimum absolute atomic E-state index is 0.0783. The second-order valence-electron chi connectivity index (χ2n) is 5.17. The summed E-state index contributed by atoms with van der Waals surface area (Å²) in [5, 5.41) is 0. The Hall–Kier alpha value is -0.930. The molecule has 1 unspecified atom stereocenters. The summed E-state index contributed by atoms with van der Waals surface area (Å²) in [6.45, 7) is 5.88. The fourth-order valence-electron chi connectivity index (χ4n) is 1.68. The van der Waals surface area contributed by atoms with Gasteiger partial charge in [-0.05, 0) is 42.9 Å². The molecule has 0 aromatic heterocycles. The van der Waals surface area contributed by atoms with Gasteiger partial charge in [0.15, 0.2) is 0 Å². The van der Waals surface area contributed by atoms with Crippen LogP contribution in [0.2, 0.25) is 0 Å². The van der Waals surface area contributed by atoms with Gasteiger partial charge in [-0.1, -0.05) is 26.0 Å². The summed E-state index contributed by atoms with van der Waals surface area (Å²) >= 11 is 0. The van der Waals surface area contributed by atoms with Gasteiger partial charge in [0.2, 0.25) is 0 Å². The molecule has 1 aromatic carbocycles. The third-order valence-corrected chi connectivity index (χ3v) is 2.88. The maximum atomic E-state index is 12.7. The highest BCUT2D eigenvalue weighted by Crippen LogP contribution is 2.07. The molecule has 0 fully saturated rings. The van der Waals surface area contributed by atoms with Gasteiger partial charge in [0.1, 0.15) is 5.82 Å². The molecular weight excluding hydrogens is 229 g/mol. The van der Waals surface area contributed by atoms with E-state index in [0.29, 0.717) is 12.5 Å². The highest BCUT2D eigenvalue weighted by atomic mass is 19.1. The first-order valence-corrected chi connectivity index (χ1v) is 6.65. The molecule has 18 heavy (non-hydrogen) atoms. The lowest BCUT2D eigenvalue weighted by Crippen LogP contribution is -2.24. The zero-order valence-corrected chi connectivity index (χ0v) is 11.4. The van der Waals surface area contributed by atoms with Crippen molar-refractivity contribution in [3.63, 3.8) is 0 Å². The minimum Gasteiger partial charge on any atom is -0.381 e. The molecule has 0 aliphatic heterocycles. The quantitative estimate of drug-likeness (QED) is 0.722. The van der Waals surface area contributed by atoms with Crippen molar-refractivity contribution in [3.05, 3.63) is 35.6 Å². The van der Waals surface area contributed by atoms with Crippen molar-refractivity contribution in [3.8, 4) is 0 Å². The van der Waals surface area contributed by atoms with Crippen LogP contribution in [0, 0.1) is 11.7 Å². The third kappa shape index (κ3) is 6.72. The van der Waals surface area contributed by atoms with Crippen LogP contribution in [0.25, 0.3) is 0 Å². The van der Waals surface area contributed by atoms with Gasteiger partial charge in [0, 0.05) is 19.3 Å². The van der Waals surface area contributed by atoms with E-state index in [-0.39, 0.29) is 11.9 Å². The van der Waals surface area contributed by atoms with E-state index in [9.17, 15) is 4.39 Å². The molecule has 3 heteroatoms. The standard InChI is InChI=1S/C15H24FNO/c1-12(2)7-9-18-10-8-15(17)11-13-3-5-14(16)6-4-13/h3-6,12,15H,7-11,17H2,1-2H3. The van der Waals surface area contributed by atoms with E-state index in [1.54, 1.807) is 12.1 Å². The number of halogens is 1. The molecule has 0 saturated carbocycles. The van der Waals surface area contributed by atoms with Gasteiger partial charge in [-0.15, -0.1) is 0 Å². The summed E-state index contributed by atoms with van der Waals surface area (Å²) in [4.78, 5) is 0. The van der Waals surface area contributed by atoms with Crippen LogP contribution >= 0.6 is 0 Å². The topological polar surface area (TPSA) is 35.2 Å². The highest BCUT2D eigenvalue weighted by molar-refractivity contribution is 5.16. The van der Waals surface area contributed by atoms with E-state index < -0.39 is 0 Å². The molecule has 0 heterocycles. The number of benzene rings is 1. The Morgan fingerprint density at radius 1 is 1.11 bits per heavy atom. The summed E-state index contributed by atoms with van der Waals surface area (Å²) in [5.41, 5.74) is 7.09. The molecule has 102 valence electrons. The Bertz CT molecular complexity index is 324. The fourth-order valence-corrected chi connectivity index (χ4v) is 1.68. The van der Waals surface area contributed by atoms with E-state index in [4.69, 9.17) is 10.5 Å². The maximum absolute atomic E-state index is 12.7. The van der Waals surface area contributed by atoms with Gasteiger partial charge in [0.25, 0.3) is 0 Å². The first-order valence-electron chi connectivity index (χ1n) is 6.65. The molecule has 0 aliphatic rings. The average molecular weight is 253 g/mol. The van der Waals surface area contributed by atoms with Crippen molar-refractivity contribution in [1.82, 2.24) is 0 Å². The van der Waals surface area contributed by atoms with Gasteiger partial charge in [-0.2, -0.15) is 0 Å².